The van der Waals surface area contributed by atoms with Crippen molar-refractivity contribution in [2.45, 2.75) is 45.8 Å². The van der Waals surface area contributed by atoms with Gasteiger partial charge in [-0.3, -0.25) is 13.9 Å². The van der Waals surface area contributed by atoms with E-state index in [-0.39, 0.29) is 36.0 Å². The lowest BCUT2D eigenvalue weighted by atomic mass is 10.0. The Hall–Kier alpha value is -4.12. The van der Waals surface area contributed by atoms with Crippen molar-refractivity contribution in [3.8, 4) is 11.5 Å². The van der Waals surface area contributed by atoms with Crippen LogP contribution >= 0.6 is 0 Å². The first kappa shape index (κ1) is 30.8. The number of sulfonamides is 1. The van der Waals surface area contributed by atoms with Gasteiger partial charge in [-0.2, -0.15) is 0 Å². The Morgan fingerprint density at radius 2 is 1.62 bits per heavy atom. The van der Waals surface area contributed by atoms with E-state index < -0.39 is 40.2 Å². The van der Waals surface area contributed by atoms with E-state index in [1.165, 1.54) is 36.1 Å². The van der Waals surface area contributed by atoms with E-state index in [0.29, 0.717) is 24.7 Å². The lowest BCUT2D eigenvalue weighted by Crippen LogP contribution is -2.54. The summed E-state index contributed by atoms with van der Waals surface area (Å²) < 4.78 is 53.7. The maximum atomic E-state index is 14.9. The Balaban J connectivity index is 1.76. The molecule has 1 aliphatic heterocycles. The third-order valence-corrected chi connectivity index (χ3v) is 8.53. The summed E-state index contributed by atoms with van der Waals surface area (Å²) in [6, 6.07) is 18.6. The zero-order valence-corrected chi connectivity index (χ0v) is 24.8. The Labute approximate surface area is 246 Å². The van der Waals surface area contributed by atoms with Gasteiger partial charge in [-0.1, -0.05) is 48.5 Å². The SMILES string of the molecule is CCS(=O)(=O)N(CC(=O)N(Cc1ccccc1F)[C@@H](Cc1ccccc1)C(=O)NC(C)C)c1ccc2c(c1)OCCO2. The molecule has 224 valence electrons. The molecule has 0 aliphatic carbocycles. The standard InChI is InChI=1S/C31H36FN3O6S/c1-4-42(38,39)35(25-14-15-28-29(19-25)41-17-16-40-28)21-30(36)34(20-24-12-8-9-13-26(24)32)27(31(37)33-22(2)3)18-23-10-6-5-7-11-23/h5-15,19,22,27H,4,16-18,20-21H2,1-3H3,(H,33,37)/t27-/m0/s1. The quantitative estimate of drug-likeness (QED) is 0.340. The van der Waals surface area contributed by atoms with Crippen molar-refractivity contribution >= 4 is 27.5 Å². The van der Waals surface area contributed by atoms with Gasteiger partial charge in [-0.05, 0) is 44.5 Å². The third kappa shape index (κ3) is 7.58. The van der Waals surface area contributed by atoms with E-state index in [1.54, 1.807) is 32.0 Å². The van der Waals surface area contributed by atoms with E-state index in [4.69, 9.17) is 9.47 Å². The number of amides is 2. The molecule has 0 bridgehead atoms. The van der Waals surface area contributed by atoms with Gasteiger partial charge >= 0.3 is 0 Å². The van der Waals surface area contributed by atoms with Gasteiger partial charge in [0, 0.05) is 30.6 Å². The van der Waals surface area contributed by atoms with Gasteiger partial charge in [-0.15, -0.1) is 0 Å². The fourth-order valence-corrected chi connectivity index (χ4v) is 5.71. The number of carbonyl (C=O) groups is 2. The second-order valence-corrected chi connectivity index (χ2v) is 12.4. The summed E-state index contributed by atoms with van der Waals surface area (Å²) in [6.45, 7) is 4.92. The summed E-state index contributed by atoms with van der Waals surface area (Å²) in [6.07, 6.45) is 0.143. The zero-order chi connectivity index (χ0) is 30.3. The maximum Gasteiger partial charge on any atom is 0.244 e. The van der Waals surface area contributed by atoms with Crippen LogP contribution in [0, 0.1) is 5.82 Å². The van der Waals surface area contributed by atoms with Crippen LogP contribution in [0.4, 0.5) is 10.1 Å². The van der Waals surface area contributed by atoms with Crippen LogP contribution in [0.5, 0.6) is 11.5 Å². The van der Waals surface area contributed by atoms with Crippen LogP contribution in [0.25, 0.3) is 0 Å². The van der Waals surface area contributed by atoms with Crippen LogP contribution in [0.3, 0.4) is 0 Å². The summed E-state index contributed by atoms with van der Waals surface area (Å²) >= 11 is 0. The Bertz CT molecular complexity index is 1500. The molecule has 0 fully saturated rings. The average molecular weight is 598 g/mol. The predicted molar refractivity (Wildman–Crippen MR) is 158 cm³/mol. The van der Waals surface area contributed by atoms with E-state index in [2.05, 4.69) is 5.32 Å². The molecular weight excluding hydrogens is 561 g/mol. The van der Waals surface area contributed by atoms with E-state index >= 15 is 0 Å². The fourth-order valence-electron chi connectivity index (χ4n) is 4.65. The first-order valence-electron chi connectivity index (χ1n) is 13.9. The number of carbonyl (C=O) groups excluding carboxylic acids is 2. The number of fused-ring (bicyclic) bond motifs is 1. The second-order valence-electron chi connectivity index (χ2n) is 10.2. The van der Waals surface area contributed by atoms with Gasteiger partial charge < -0.3 is 19.7 Å². The average Bonchev–Trinajstić information content (AvgIpc) is 2.98. The van der Waals surface area contributed by atoms with Crippen molar-refractivity contribution in [1.29, 1.82) is 0 Å². The molecule has 0 unspecified atom stereocenters. The van der Waals surface area contributed by atoms with Gasteiger partial charge in [0.2, 0.25) is 21.8 Å². The Kier molecular flexibility index (Phi) is 10.1. The molecule has 0 aromatic heterocycles. The fraction of sp³-hybridized carbons (Fsp3) is 0.355. The van der Waals surface area contributed by atoms with Crippen molar-refractivity contribution < 1.29 is 31.9 Å². The highest BCUT2D eigenvalue weighted by Gasteiger charge is 2.34. The molecule has 0 saturated heterocycles. The van der Waals surface area contributed by atoms with E-state index in [1.807, 2.05) is 30.3 Å². The van der Waals surface area contributed by atoms with Crippen LogP contribution < -0.4 is 19.1 Å². The minimum atomic E-state index is -3.96. The molecule has 1 atom stereocenters. The summed E-state index contributed by atoms with van der Waals surface area (Å²) in [4.78, 5) is 29.0. The van der Waals surface area contributed by atoms with Crippen molar-refractivity contribution in [3.05, 3.63) is 89.7 Å². The zero-order valence-electron chi connectivity index (χ0n) is 24.0. The third-order valence-electron chi connectivity index (χ3n) is 6.79. The number of benzene rings is 3. The molecule has 3 aromatic carbocycles. The number of halogens is 1. The number of hydrogen-bond donors (Lipinski definition) is 1. The highest BCUT2D eigenvalue weighted by molar-refractivity contribution is 7.92. The molecule has 42 heavy (non-hydrogen) atoms. The van der Waals surface area contributed by atoms with Crippen molar-refractivity contribution in [3.63, 3.8) is 0 Å². The lowest BCUT2D eigenvalue weighted by Gasteiger charge is -2.34. The van der Waals surface area contributed by atoms with Crippen LogP contribution in [0.15, 0.2) is 72.8 Å². The topological polar surface area (TPSA) is 105 Å². The first-order valence-corrected chi connectivity index (χ1v) is 15.5. The molecule has 11 heteroatoms. The van der Waals surface area contributed by atoms with Crippen LogP contribution in [0.2, 0.25) is 0 Å². The normalized spacial score (nSPS) is 13.4. The monoisotopic (exact) mass is 597 g/mol. The van der Waals surface area contributed by atoms with Crippen LogP contribution in [-0.4, -0.2) is 62.7 Å². The summed E-state index contributed by atoms with van der Waals surface area (Å²) in [5.74, 6) is -1.07. The molecule has 4 rings (SSSR count). The predicted octanol–water partition coefficient (Wildman–Crippen LogP) is 3.92. The minimum absolute atomic E-state index is 0.143. The highest BCUT2D eigenvalue weighted by atomic mass is 32.2. The second kappa shape index (κ2) is 13.7. The Morgan fingerprint density at radius 1 is 0.952 bits per heavy atom. The molecule has 3 aromatic rings. The number of nitrogens with one attached hydrogen (secondary N) is 1. The lowest BCUT2D eigenvalue weighted by molar-refractivity contribution is -0.140. The smallest absolute Gasteiger partial charge is 0.244 e. The Morgan fingerprint density at radius 3 is 2.29 bits per heavy atom. The van der Waals surface area contributed by atoms with Gasteiger partial charge in [0.25, 0.3) is 0 Å². The number of anilines is 1. The largest absolute Gasteiger partial charge is 0.486 e. The molecule has 9 nitrogen and oxygen atoms in total. The van der Waals surface area contributed by atoms with Crippen molar-refractivity contribution in [2.24, 2.45) is 0 Å². The maximum absolute atomic E-state index is 14.9. The van der Waals surface area contributed by atoms with E-state index in [9.17, 15) is 22.4 Å². The number of hydrogen-bond acceptors (Lipinski definition) is 6. The van der Waals surface area contributed by atoms with Crippen LogP contribution in [0.1, 0.15) is 31.9 Å². The van der Waals surface area contributed by atoms with Gasteiger partial charge in [0.1, 0.15) is 31.6 Å². The highest BCUT2D eigenvalue weighted by Crippen LogP contribution is 2.35. The van der Waals surface area contributed by atoms with Crippen LogP contribution in [-0.2, 0) is 32.6 Å². The molecule has 1 N–H and O–H groups in total. The molecule has 2 amide bonds. The number of rotatable bonds is 12. The van der Waals surface area contributed by atoms with Crippen molar-refractivity contribution in [1.82, 2.24) is 10.2 Å². The molecule has 0 spiro atoms. The van der Waals surface area contributed by atoms with Gasteiger partial charge in [0.05, 0.1) is 11.4 Å². The van der Waals surface area contributed by atoms with E-state index in [0.717, 1.165) is 9.87 Å². The molecule has 0 saturated carbocycles. The van der Waals surface area contributed by atoms with Crippen molar-refractivity contribution in [2.75, 3.05) is 29.8 Å². The molecule has 1 heterocycles. The summed E-state index contributed by atoms with van der Waals surface area (Å²) in [5, 5.41) is 2.87. The first-order chi connectivity index (χ1) is 20.1. The summed E-state index contributed by atoms with van der Waals surface area (Å²) in [5.41, 5.74) is 1.20. The molecular formula is C31H36FN3O6S. The minimum Gasteiger partial charge on any atom is -0.486 e. The number of nitrogens with zero attached hydrogens (tertiary/aromatic N) is 2. The van der Waals surface area contributed by atoms with Gasteiger partial charge in [0.15, 0.2) is 11.5 Å². The summed E-state index contributed by atoms with van der Waals surface area (Å²) in [7, 11) is -3.96. The van der Waals surface area contributed by atoms with Gasteiger partial charge in [-0.25, -0.2) is 12.8 Å². The number of ether oxygens (including phenoxy) is 2. The molecule has 1 aliphatic rings. The molecule has 0 radical (unpaired) electrons.